The van der Waals surface area contributed by atoms with Gasteiger partial charge in [0.05, 0.1) is 0 Å². The minimum atomic E-state index is 0.354. The lowest BCUT2D eigenvalue weighted by atomic mass is 9.54. The summed E-state index contributed by atoms with van der Waals surface area (Å²) in [4.78, 5) is 0. The number of hydrogen-bond donors (Lipinski definition) is 1. The first kappa shape index (κ1) is 10.8. The molecular weight excluding hydrogens is 218 g/mol. The molecule has 0 aromatic heterocycles. The van der Waals surface area contributed by atoms with Crippen molar-refractivity contribution in [2.75, 3.05) is 6.54 Å². The summed E-state index contributed by atoms with van der Waals surface area (Å²) in [6, 6.07) is 7.59. The number of nitrogens with one attached hydrogen (secondary N) is 1. The van der Waals surface area contributed by atoms with E-state index < -0.39 is 0 Å². The maximum absolute atomic E-state index is 3.77. The second-order valence-electron chi connectivity index (χ2n) is 6.25. The third-order valence-corrected chi connectivity index (χ3v) is 5.42. The van der Waals surface area contributed by atoms with E-state index in [1.807, 2.05) is 0 Å². The zero-order valence-corrected chi connectivity index (χ0v) is 11.1. The van der Waals surface area contributed by atoms with E-state index in [4.69, 9.17) is 0 Å². The molecule has 1 N–H and O–H groups in total. The molecule has 0 spiro atoms. The zero-order chi connectivity index (χ0) is 12.2. The molecule has 1 aromatic carbocycles. The van der Waals surface area contributed by atoms with E-state index in [1.165, 1.54) is 37.8 Å². The van der Waals surface area contributed by atoms with Crippen LogP contribution in [0.1, 0.15) is 36.0 Å². The molecule has 1 nitrogen and oxygen atoms in total. The van der Waals surface area contributed by atoms with E-state index in [-0.39, 0.29) is 0 Å². The van der Waals surface area contributed by atoms with Gasteiger partial charge in [0.1, 0.15) is 0 Å². The van der Waals surface area contributed by atoms with Crippen molar-refractivity contribution in [3.05, 3.63) is 47.0 Å². The van der Waals surface area contributed by atoms with Gasteiger partial charge in [-0.1, -0.05) is 30.4 Å². The smallest absolute Gasteiger partial charge is 0.0193 e. The molecule has 1 heterocycles. The number of rotatable bonds is 0. The summed E-state index contributed by atoms with van der Waals surface area (Å²) < 4.78 is 0. The Morgan fingerprint density at radius 3 is 3.22 bits per heavy atom. The molecule has 2 bridgehead atoms. The molecule has 94 valence electrons. The van der Waals surface area contributed by atoms with Gasteiger partial charge in [0.2, 0.25) is 0 Å². The van der Waals surface area contributed by atoms with E-state index in [9.17, 15) is 0 Å². The highest BCUT2D eigenvalue weighted by Crippen LogP contribution is 2.52. The van der Waals surface area contributed by atoms with Crippen molar-refractivity contribution in [1.82, 2.24) is 5.32 Å². The summed E-state index contributed by atoms with van der Waals surface area (Å²) in [5.74, 6) is 0.824. The number of allylic oxidation sites excluding steroid dienone is 2. The van der Waals surface area contributed by atoms with E-state index in [1.54, 1.807) is 11.1 Å². The third-order valence-electron chi connectivity index (χ3n) is 5.42. The van der Waals surface area contributed by atoms with Crippen molar-refractivity contribution in [3.63, 3.8) is 0 Å². The fourth-order valence-electron chi connectivity index (χ4n) is 4.80. The highest BCUT2D eigenvalue weighted by molar-refractivity contribution is 5.49. The number of aryl methyl sites for hydroxylation is 1. The number of piperidine rings is 1. The minimum absolute atomic E-state index is 0.354. The molecule has 0 radical (unpaired) electrons. The summed E-state index contributed by atoms with van der Waals surface area (Å²) in [5, 5.41) is 3.77. The van der Waals surface area contributed by atoms with Gasteiger partial charge in [-0.15, -0.1) is 0 Å². The zero-order valence-electron chi connectivity index (χ0n) is 11.1. The highest BCUT2D eigenvalue weighted by atomic mass is 15.0. The van der Waals surface area contributed by atoms with Crippen molar-refractivity contribution >= 4 is 0 Å². The van der Waals surface area contributed by atoms with Crippen LogP contribution in [0.25, 0.3) is 0 Å². The molecule has 4 rings (SSSR count). The third kappa shape index (κ3) is 1.26. The second-order valence-corrected chi connectivity index (χ2v) is 6.25. The lowest BCUT2D eigenvalue weighted by molar-refractivity contribution is 0.149. The van der Waals surface area contributed by atoms with E-state index >= 15 is 0 Å². The van der Waals surface area contributed by atoms with Crippen LogP contribution < -0.4 is 5.32 Å². The van der Waals surface area contributed by atoms with Gasteiger partial charge in [-0.2, -0.15) is 0 Å². The molecule has 18 heavy (non-hydrogen) atoms. The second kappa shape index (κ2) is 3.71. The number of benzene rings is 1. The topological polar surface area (TPSA) is 12.0 Å². The maximum atomic E-state index is 3.77. The Labute approximate surface area is 109 Å². The first-order chi connectivity index (χ1) is 8.81. The Morgan fingerprint density at radius 2 is 2.28 bits per heavy atom. The van der Waals surface area contributed by atoms with Gasteiger partial charge in [-0.05, 0) is 61.8 Å². The van der Waals surface area contributed by atoms with Gasteiger partial charge in [-0.25, -0.2) is 0 Å². The van der Waals surface area contributed by atoms with Crippen LogP contribution in [0.2, 0.25) is 0 Å². The lowest BCUT2D eigenvalue weighted by Gasteiger charge is -2.54. The summed E-state index contributed by atoms with van der Waals surface area (Å²) >= 11 is 0. The van der Waals surface area contributed by atoms with Crippen molar-refractivity contribution < 1.29 is 0 Å². The summed E-state index contributed by atoms with van der Waals surface area (Å²) in [7, 11) is 0. The Balaban J connectivity index is 2.00. The minimum Gasteiger partial charge on any atom is -0.313 e. The quantitative estimate of drug-likeness (QED) is 0.686. The van der Waals surface area contributed by atoms with Crippen LogP contribution in [0.5, 0.6) is 0 Å². The Bertz CT molecular complexity index is 516. The van der Waals surface area contributed by atoms with Gasteiger partial charge in [0.25, 0.3) is 0 Å². The number of fused-ring (bicyclic) bond motifs is 1. The Hall–Kier alpha value is -1.08. The van der Waals surface area contributed by atoms with E-state index in [0.29, 0.717) is 11.5 Å². The van der Waals surface area contributed by atoms with E-state index in [2.05, 4.69) is 42.6 Å². The van der Waals surface area contributed by atoms with Crippen LogP contribution >= 0.6 is 0 Å². The Morgan fingerprint density at radius 1 is 1.33 bits per heavy atom. The molecule has 1 aliphatic heterocycles. The fourth-order valence-corrected chi connectivity index (χ4v) is 4.80. The lowest BCUT2D eigenvalue weighted by Crippen LogP contribution is -2.58. The molecule has 0 saturated carbocycles. The van der Waals surface area contributed by atoms with Crippen molar-refractivity contribution in [1.29, 1.82) is 0 Å². The van der Waals surface area contributed by atoms with Crippen LogP contribution in [0.4, 0.5) is 0 Å². The van der Waals surface area contributed by atoms with Gasteiger partial charge in [-0.3, -0.25) is 0 Å². The molecule has 0 amide bonds. The first-order valence-electron chi connectivity index (χ1n) is 7.31. The van der Waals surface area contributed by atoms with E-state index in [0.717, 1.165) is 5.92 Å². The predicted octanol–water partition coefficient (Wildman–Crippen LogP) is 3.12. The normalized spacial score (nSPS) is 36.9. The molecular formula is C17H21N. The largest absolute Gasteiger partial charge is 0.313 e. The molecule has 0 unspecified atom stereocenters. The molecule has 1 aromatic rings. The SMILES string of the molecule is Cc1cccc2c1[C@@]13C=CCC[C@H]1[C@@H](C2)NCC3. The standard InChI is InChI=1S/C17H21N/c1-12-5-4-6-13-11-15-14-7-2-3-8-17(14,16(12)13)9-10-18-15/h3-6,8,14-15,18H,2,7,9-11H2,1H3/t14-,15+,17+/m0/s1. The fraction of sp³-hybridized carbons (Fsp3) is 0.529. The molecule has 2 aliphatic carbocycles. The monoisotopic (exact) mass is 239 g/mol. The highest BCUT2D eigenvalue weighted by Gasteiger charge is 2.50. The predicted molar refractivity (Wildman–Crippen MR) is 74.8 cm³/mol. The average Bonchev–Trinajstić information content (AvgIpc) is 2.38. The molecule has 1 saturated heterocycles. The Kier molecular flexibility index (Phi) is 2.23. The first-order valence-corrected chi connectivity index (χ1v) is 7.31. The maximum Gasteiger partial charge on any atom is 0.0193 e. The van der Waals surface area contributed by atoms with Crippen LogP contribution in [0.3, 0.4) is 0 Å². The molecule has 1 fully saturated rings. The summed E-state index contributed by atoms with van der Waals surface area (Å²) in [6.45, 7) is 3.48. The average molecular weight is 239 g/mol. The molecule has 1 heteroatoms. The summed E-state index contributed by atoms with van der Waals surface area (Å²) in [5.41, 5.74) is 5.12. The van der Waals surface area contributed by atoms with Crippen LogP contribution in [-0.2, 0) is 11.8 Å². The van der Waals surface area contributed by atoms with Crippen molar-refractivity contribution in [2.45, 2.75) is 44.1 Å². The van der Waals surface area contributed by atoms with Gasteiger partial charge >= 0.3 is 0 Å². The van der Waals surface area contributed by atoms with Crippen LogP contribution in [0.15, 0.2) is 30.4 Å². The van der Waals surface area contributed by atoms with Gasteiger partial charge in [0, 0.05) is 11.5 Å². The van der Waals surface area contributed by atoms with Crippen LogP contribution in [0, 0.1) is 12.8 Å². The number of hydrogen-bond acceptors (Lipinski definition) is 1. The van der Waals surface area contributed by atoms with Crippen molar-refractivity contribution in [3.8, 4) is 0 Å². The van der Waals surface area contributed by atoms with Gasteiger partial charge < -0.3 is 5.32 Å². The van der Waals surface area contributed by atoms with Gasteiger partial charge in [0.15, 0.2) is 0 Å². The summed E-state index contributed by atoms with van der Waals surface area (Å²) in [6.07, 6.45) is 10.1. The molecule has 3 aliphatic rings. The molecule has 3 atom stereocenters. The van der Waals surface area contributed by atoms with Crippen LogP contribution in [-0.4, -0.2) is 12.6 Å². The van der Waals surface area contributed by atoms with Crippen molar-refractivity contribution in [2.24, 2.45) is 5.92 Å².